The highest BCUT2D eigenvalue weighted by atomic mass is 16.5. The molecule has 1 fully saturated rings. The average Bonchev–Trinajstić information content (AvgIpc) is 2.86. The summed E-state index contributed by atoms with van der Waals surface area (Å²) >= 11 is 0. The lowest BCUT2D eigenvalue weighted by molar-refractivity contribution is 0.409. The van der Waals surface area contributed by atoms with E-state index < -0.39 is 0 Å². The first-order chi connectivity index (χ1) is 6.95. The molecule has 1 aromatic heterocycles. The second kappa shape index (κ2) is 5.07. The van der Waals surface area contributed by atoms with Crippen molar-refractivity contribution in [2.24, 2.45) is 0 Å². The molecule has 0 saturated carbocycles. The van der Waals surface area contributed by atoms with Crippen LogP contribution in [0.4, 0.5) is 0 Å². The smallest absolute Gasteiger partial charge is 0.213 e. The number of nitrogens with one attached hydrogen (secondary N) is 2. The summed E-state index contributed by atoms with van der Waals surface area (Å²) in [5, 5.41) is 10.6. The van der Waals surface area contributed by atoms with Crippen LogP contribution in [0.2, 0.25) is 0 Å². The van der Waals surface area contributed by atoms with Crippen molar-refractivity contribution in [2.45, 2.75) is 25.3 Å². The van der Waals surface area contributed by atoms with Gasteiger partial charge in [-0.2, -0.15) is 4.98 Å². The van der Waals surface area contributed by atoms with E-state index in [1.54, 1.807) is 0 Å². The summed E-state index contributed by atoms with van der Waals surface area (Å²) < 4.78 is 4.64. The fraction of sp³-hybridized carbons (Fsp3) is 0.778. The zero-order valence-corrected chi connectivity index (χ0v) is 8.20. The van der Waals surface area contributed by atoms with E-state index in [1.807, 2.05) is 0 Å². The third kappa shape index (κ3) is 2.78. The molecule has 0 aliphatic carbocycles. The molecule has 2 N–H and O–H groups in total. The minimum Gasteiger partial charge on any atom is -0.343 e. The van der Waals surface area contributed by atoms with Crippen LogP contribution in [-0.2, 0) is 6.42 Å². The van der Waals surface area contributed by atoms with Crippen LogP contribution in [0.5, 0.6) is 0 Å². The van der Waals surface area contributed by atoms with Gasteiger partial charge in [-0.25, -0.2) is 0 Å². The van der Waals surface area contributed by atoms with Crippen LogP contribution in [0, 0.1) is 0 Å². The first-order valence-corrected chi connectivity index (χ1v) is 5.14. The Morgan fingerprint density at radius 1 is 1.64 bits per heavy atom. The molecule has 1 saturated heterocycles. The lowest BCUT2D eigenvalue weighted by Gasteiger charge is -2.10. The highest BCUT2D eigenvalue weighted by Gasteiger charge is 2.12. The van der Waals surface area contributed by atoms with Gasteiger partial charge in [0.25, 0.3) is 0 Å². The Kier molecular flexibility index (Phi) is 3.48. The van der Waals surface area contributed by atoms with Gasteiger partial charge in [-0.15, -0.1) is 0 Å². The molecule has 0 aromatic carbocycles. The molecule has 1 aromatic rings. The van der Waals surface area contributed by atoms with Crippen LogP contribution in [0.1, 0.15) is 18.7 Å². The Bertz CT molecular complexity index is 243. The summed E-state index contributed by atoms with van der Waals surface area (Å²) in [4.78, 5) is 3.95. The van der Waals surface area contributed by atoms with Gasteiger partial charge in [-0.1, -0.05) is 5.16 Å². The van der Waals surface area contributed by atoms with E-state index in [4.69, 9.17) is 0 Å². The lowest BCUT2D eigenvalue weighted by atomic mass is 10.2. The zero-order valence-electron chi connectivity index (χ0n) is 8.20. The molecule has 2 heterocycles. The van der Waals surface area contributed by atoms with Gasteiger partial charge in [0.1, 0.15) is 0 Å². The van der Waals surface area contributed by atoms with Crippen LogP contribution < -0.4 is 10.6 Å². The standard InChI is InChI=1S/C9H16N4O/c1-2-8(11-4-1)6-10-5-3-9-12-7-14-13-9/h7-8,10-11H,1-6H2. The van der Waals surface area contributed by atoms with E-state index in [0.717, 1.165) is 31.9 Å². The fourth-order valence-electron chi connectivity index (χ4n) is 1.71. The molecule has 5 nitrogen and oxygen atoms in total. The Labute approximate surface area is 83.3 Å². The van der Waals surface area contributed by atoms with Gasteiger partial charge in [0.15, 0.2) is 5.82 Å². The molecule has 0 amide bonds. The van der Waals surface area contributed by atoms with E-state index in [9.17, 15) is 0 Å². The molecule has 0 spiro atoms. The molecule has 1 aliphatic rings. The van der Waals surface area contributed by atoms with Crippen LogP contribution in [0.25, 0.3) is 0 Å². The molecular formula is C9H16N4O. The third-order valence-corrected chi connectivity index (χ3v) is 2.49. The van der Waals surface area contributed by atoms with Gasteiger partial charge in [0.05, 0.1) is 0 Å². The van der Waals surface area contributed by atoms with Crippen molar-refractivity contribution in [2.75, 3.05) is 19.6 Å². The largest absolute Gasteiger partial charge is 0.343 e. The second-order valence-corrected chi connectivity index (χ2v) is 3.59. The van der Waals surface area contributed by atoms with Crippen molar-refractivity contribution in [1.29, 1.82) is 0 Å². The Hall–Kier alpha value is -0.940. The summed E-state index contributed by atoms with van der Waals surface area (Å²) in [5.41, 5.74) is 0. The molecule has 1 atom stereocenters. The summed E-state index contributed by atoms with van der Waals surface area (Å²) in [6.45, 7) is 3.12. The maximum atomic E-state index is 4.64. The molecular weight excluding hydrogens is 180 g/mol. The normalized spacial score (nSPS) is 21.6. The molecule has 1 aliphatic heterocycles. The van der Waals surface area contributed by atoms with Crippen LogP contribution in [-0.4, -0.2) is 35.8 Å². The van der Waals surface area contributed by atoms with Gasteiger partial charge in [-0.05, 0) is 19.4 Å². The van der Waals surface area contributed by atoms with Gasteiger partial charge in [0, 0.05) is 25.6 Å². The predicted octanol–water partition coefficient (Wildman–Crippen LogP) is -0.0463. The molecule has 0 bridgehead atoms. The highest BCUT2D eigenvalue weighted by molar-refractivity contribution is 4.80. The van der Waals surface area contributed by atoms with Crippen molar-refractivity contribution in [1.82, 2.24) is 20.8 Å². The third-order valence-electron chi connectivity index (χ3n) is 2.49. The minimum absolute atomic E-state index is 0.653. The van der Waals surface area contributed by atoms with E-state index in [2.05, 4.69) is 25.3 Å². The number of hydrogen-bond acceptors (Lipinski definition) is 5. The summed E-state index contributed by atoms with van der Waals surface area (Å²) in [5.74, 6) is 0.775. The van der Waals surface area contributed by atoms with Crippen molar-refractivity contribution in [3.05, 3.63) is 12.2 Å². The highest BCUT2D eigenvalue weighted by Crippen LogP contribution is 2.02. The first kappa shape index (κ1) is 9.61. The number of aromatic nitrogens is 2. The molecule has 1 unspecified atom stereocenters. The topological polar surface area (TPSA) is 63.0 Å². The van der Waals surface area contributed by atoms with Crippen LogP contribution in [0.15, 0.2) is 10.9 Å². The maximum Gasteiger partial charge on any atom is 0.213 e. The van der Waals surface area contributed by atoms with Crippen molar-refractivity contribution in [3.63, 3.8) is 0 Å². The van der Waals surface area contributed by atoms with E-state index in [0.29, 0.717) is 6.04 Å². The van der Waals surface area contributed by atoms with Crippen molar-refractivity contribution in [3.8, 4) is 0 Å². The van der Waals surface area contributed by atoms with Crippen LogP contribution >= 0.6 is 0 Å². The van der Waals surface area contributed by atoms with E-state index in [-0.39, 0.29) is 0 Å². The zero-order chi connectivity index (χ0) is 9.64. The first-order valence-electron chi connectivity index (χ1n) is 5.14. The molecule has 14 heavy (non-hydrogen) atoms. The van der Waals surface area contributed by atoms with E-state index >= 15 is 0 Å². The molecule has 78 valence electrons. The summed E-state index contributed by atoms with van der Waals surface area (Å²) in [6, 6.07) is 0.653. The number of nitrogens with zero attached hydrogens (tertiary/aromatic N) is 2. The second-order valence-electron chi connectivity index (χ2n) is 3.59. The Morgan fingerprint density at radius 2 is 2.64 bits per heavy atom. The predicted molar refractivity (Wildman–Crippen MR) is 51.9 cm³/mol. The summed E-state index contributed by atoms with van der Waals surface area (Å²) in [7, 11) is 0. The molecule has 2 rings (SSSR count). The Balaban J connectivity index is 1.55. The van der Waals surface area contributed by atoms with Gasteiger partial charge in [0.2, 0.25) is 6.39 Å². The van der Waals surface area contributed by atoms with Gasteiger partial charge < -0.3 is 15.2 Å². The number of rotatable bonds is 5. The quantitative estimate of drug-likeness (QED) is 0.647. The molecule has 5 heteroatoms. The SMILES string of the molecule is c1nc(CCNCC2CCCN2)no1. The lowest BCUT2D eigenvalue weighted by Crippen LogP contribution is -2.34. The maximum absolute atomic E-state index is 4.64. The van der Waals surface area contributed by atoms with Crippen molar-refractivity contribution < 1.29 is 4.52 Å². The fourth-order valence-corrected chi connectivity index (χ4v) is 1.71. The monoisotopic (exact) mass is 196 g/mol. The van der Waals surface area contributed by atoms with E-state index in [1.165, 1.54) is 19.2 Å². The number of hydrogen-bond donors (Lipinski definition) is 2. The van der Waals surface area contributed by atoms with Crippen LogP contribution in [0.3, 0.4) is 0 Å². The van der Waals surface area contributed by atoms with Gasteiger partial charge >= 0.3 is 0 Å². The van der Waals surface area contributed by atoms with Crippen molar-refractivity contribution >= 4 is 0 Å². The Morgan fingerprint density at radius 3 is 3.36 bits per heavy atom. The average molecular weight is 196 g/mol. The van der Waals surface area contributed by atoms with Gasteiger partial charge in [-0.3, -0.25) is 0 Å². The summed E-state index contributed by atoms with van der Waals surface area (Å²) in [6.07, 6.45) is 4.80. The molecule has 0 radical (unpaired) electrons. The minimum atomic E-state index is 0.653.